The maximum atomic E-state index is 13.1. The van der Waals surface area contributed by atoms with E-state index in [-0.39, 0.29) is 23.1 Å². The molecule has 2 rings (SSSR count). The Hall–Kier alpha value is -2.59. The number of ether oxygens (including phenoxy) is 1. The molecule has 1 aromatic carbocycles. The normalized spacial score (nSPS) is 10.2. The predicted molar refractivity (Wildman–Crippen MR) is 71.2 cm³/mol. The van der Waals surface area contributed by atoms with Crippen LogP contribution in [0.4, 0.5) is 10.1 Å². The second-order valence-electron chi connectivity index (χ2n) is 3.78. The number of nitrogen functional groups attached to an aromatic ring is 1. The molecule has 110 valence electrons. The number of hydrogen-bond acceptors (Lipinski definition) is 7. The summed E-state index contributed by atoms with van der Waals surface area (Å²) in [6.45, 7) is -0.140. The van der Waals surface area contributed by atoms with Crippen molar-refractivity contribution in [1.82, 2.24) is 10.4 Å². The Labute approximate surface area is 121 Å². The summed E-state index contributed by atoms with van der Waals surface area (Å²) in [7, 11) is 0. The second kappa shape index (κ2) is 6.24. The minimum atomic E-state index is -0.677. The zero-order chi connectivity index (χ0) is 15.4. The van der Waals surface area contributed by atoms with Crippen molar-refractivity contribution in [3.63, 3.8) is 0 Å². The Balaban J connectivity index is 2.13. The fourth-order valence-corrected chi connectivity index (χ4v) is 2.15. The molecular weight excluding hydrogens is 303 g/mol. The monoisotopic (exact) mass is 312 g/mol. The van der Waals surface area contributed by atoms with Gasteiger partial charge in [-0.05, 0) is 6.07 Å². The van der Waals surface area contributed by atoms with Gasteiger partial charge in [0.05, 0.1) is 10.6 Å². The first-order valence-electron chi connectivity index (χ1n) is 5.53. The summed E-state index contributed by atoms with van der Waals surface area (Å²) in [5.74, 6) is 3.55. The highest BCUT2D eigenvalue weighted by Gasteiger charge is 2.17. The van der Waals surface area contributed by atoms with Gasteiger partial charge in [-0.2, -0.15) is 0 Å². The van der Waals surface area contributed by atoms with E-state index in [2.05, 4.69) is 4.98 Å². The van der Waals surface area contributed by atoms with Crippen molar-refractivity contribution in [3.05, 3.63) is 50.2 Å². The Bertz CT molecular complexity index is 691. The van der Waals surface area contributed by atoms with E-state index in [0.29, 0.717) is 5.69 Å². The molecular formula is C11H9FN4O4S. The number of carbonyl (C=O) groups is 1. The zero-order valence-electron chi connectivity index (χ0n) is 10.4. The third kappa shape index (κ3) is 3.49. The van der Waals surface area contributed by atoms with E-state index in [1.807, 2.05) is 5.43 Å². The van der Waals surface area contributed by atoms with Crippen LogP contribution in [0, 0.1) is 15.9 Å². The van der Waals surface area contributed by atoms with Crippen molar-refractivity contribution in [3.8, 4) is 5.75 Å². The van der Waals surface area contributed by atoms with E-state index in [1.54, 1.807) is 0 Å². The van der Waals surface area contributed by atoms with Gasteiger partial charge < -0.3 is 4.74 Å². The highest BCUT2D eigenvalue weighted by atomic mass is 32.1. The fraction of sp³-hybridized carbons (Fsp3) is 0.0909. The molecule has 0 saturated heterocycles. The van der Waals surface area contributed by atoms with Crippen LogP contribution in [-0.2, 0) is 6.61 Å². The third-order valence-electron chi connectivity index (χ3n) is 2.37. The lowest BCUT2D eigenvalue weighted by atomic mass is 10.3. The highest BCUT2D eigenvalue weighted by Crippen LogP contribution is 2.28. The Morgan fingerprint density at radius 3 is 3.00 bits per heavy atom. The molecule has 1 aromatic heterocycles. The van der Waals surface area contributed by atoms with Crippen LogP contribution >= 0.6 is 11.3 Å². The number of hydrazine groups is 1. The molecule has 0 radical (unpaired) electrons. The van der Waals surface area contributed by atoms with E-state index in [1.165, 1.54) is 5.38 Å². The average Bonchev–Trinajstić information content (AvgIpc) is 2.93. The number of benzene rings is 1. The van der Waals surface area contributed by atoms with Crippen LogP contribution in [0.3, 0.4) is 0 Å². The lowest BCUT2D eigenvalue weighted by molar-refractivity contribution is -0.386. The SMILES string of the molecule is NNC(=O)c1nc(COc2cc(F)ccc2[N+](=O)[O-])cs1. The largest absolute Gasteiger partial charge is 0.480 e. The number of nitro groups is 1. The molecule has 21 heavy (non-hydrogen) atoms. The maximum Gasteiger partial charge on any atom is 0.311 e. The van der Waals surface area contributed by atoms with Gasteiger partial charge in [0.2, 0.25) is 0 Å². The molecule has 2 aromatic rings. The molecule has 0 bridgehead atoms. The Morgan fingerprint density at radius 1 is 1.57 bits per heavy atom. The van der Waals surface area contributed by atoms with Gasteiger partial charge in [0.1, 0.15) is 12.4 Å². The standard InChI is InChI=1S/C11H9FN4O4S/c12-6-1-2-8(16(18)19)9(3-6)20-4-7-5-21-11(14-7)10(17)15-13/h1-3,5H,4,13H2,(H,15,17). The summed E-state index contributed by atoms with van der Waals surface area (Å²) in [4.78, 5) is 25.3. The molecule has 10 heteroatoms. The maximum absolute atomic E-state index is 13.1. The van der Waals surface area contributed by atoms with Gasteiger partial charge in [-0.25, -0.2) is 15.2 Å². The van der Waals surface area contributed by atoms with Crippen LogP contribution < -0.4 is 16.0 Å². The number of amides is 1. The number of thiazole rings is 1. The summed E-state index contributed by atoms with van der Waals surface area (Å²) >= 11 is 1.04. The molecule has 0 spiro atoms. The molecule has 1 amide bonds. The molecule has 8 nitrogen and oxygen atoms in total. The van der Waals surface area contributed by atoms with E-state index < -0.39 is 16.6 Å². The summed E-state index contributed by atoms with van der Waals surface area (Å²) < 4.78 is 18.3. The van der Waals surface area contributed by atoms with Gasteiger partial charge in [-0.1, -0.05) is 0 Å². The van der Waals surface area contributed by atoms with Crippen molar-refractivity contribution in [2.75, 3.05) is 0 Å². The Morgan fingerprint density at radius 2 is 2.33 bits per heavy atom. The topological polar surface area (TPSA) is 120 Å². The number of aromatic nitrogens is 1. The summed E-state index contributed by atoms with van der Waals surface area (Å²) in [6, 6.07) is 2.90. The molecule has 1 heterocycles. The molecule has 0 aliphatic heterocycles. The number of nitrogens with one attached hydrogen (secondary N) is 1. The number of nitro benzene ring substituents is 1. The number of hydrogen-bond donors (Lipinski definition) is 2. The van der Waals surface area contributed by atoms with Gasteiger partial charge in [0.25, 0.3) is 5.91 Å². The van der Waals surface area contributed by atoms with Gasteiger partial charge in [-0.3, -0.25) is 20.3 Å². The van der Waals surface area contributed by atoms with E-state index in [4.69, 9.17) is 10.6 Å². The van der Waals surface area contributed by atoms with E-state index in [0.717, 1.165) is 29.5 Å². The number of halogens is 1. The first kappa shape index (κ1) is 14.8. The summed E-state index contributed by atoms with van der Waals surface area (Å²) in [5, 5.41) is 12.5. The van der Waals surface area contributed by atoms with Crippen molar-refractivity contribution in [2.45, 2.75) is 6.61 Å². The molecule has 0 fully saturated rings. The van der Waals surface area contributed by atoms with Crippen LogP contribution in [0.5, 0.6) is 5.75 Å². The number of nitrogens with zero attached hydrogens (tertiary/aromatic N) is 2. The molecule has 0 atom stereocenters. The summed E-state index contributed by atoms with van der Waals surface area (Å²) in [6.07, 6.45) is 0. The highest BCUT2D eigenvalue weighted by molar-refractivity contribution is 7.11. The predicted octanol–water partition coefficient (Wildman–Crippen LogP) is 1.37. The molecule has 0 aliphatic rings. The fourth-order valence-electron chi connectivity index (χ4n) is 1.45. The lowest BCUT2D eigenvalue weighted by Crippen LogP contribution is -2.29. The minimum Gasteiger partial charge on any atom is -0.480 e. The van der Waals surface area contributed by atoms with Crippen molar-refractivity contribution < 1.29 is 18.8 Å². The van der Waals surface area contributed by atoms with Crippen LogP contribution in [0.1, 0.15) is 15.5 Å². The van der Waals surface area contributed by atoms with Gasteiger partial charge in [0.15, 0.2) is 10.8 Å². The Kier molecular flexibility index (Phi) is 4.40. The van der Waals surface area contributed by atoms with Crippen LogP contribution in [0.25, 0.3) is 0 Å². The molecule has 3 N–H and O–H groups in total. The van der Waals surface area contributed by atoms with Gasteiger partial charge in [-0.15, -0.1) is 11.3 Å². The van der Waals surface area contributed by atoms with Gasteiger partial charge in [0, 0.05) is 17.5 Å². The van der Waals surface area contributed by atoms with E-state index >= 15 is 0 Å². The third-order valence-corrected chi connectivity index (χ3v) is 3.26. The quantitative estimate of drug-likeness (QED) is 0.372. The van der Waals surface area contributed by atoms with Crippen LogP contribution in [0.2, 0.25) is 0 Å². The first-order valence-corrected chi connectivity index (χ1v) is 6.41. The van der Waals surface area contributed by atoms with Crippen molar-refractivity contribution >= 4 is 22.9 Å². The van der Waals surface area contributed by atoms with Crippen molar-refractivity contribution in [2.24, 2.45) is 5.84 Å². The average molecular weight is 312 g/mol. The number of nitrogens with two attached hydrogens (primary N) is 1. The van der Waals surface area contributed by atoms with Gasteiger partial charge >= 0.3 is 5.69 Å². The smallest absolute Gasteiger partial charge is 0.311 e. The van der Waals surface area contributed by atoms with Crippen LogP contribution in [0.15, 0.2) is 23.6 Å². The number of carbonyl (C=O) groups excluding carboxylic acids is 1. The molecule has 0 unspecified atom stereocenters. The lowest BCUT2D eigenvalue weighted by Gasteiger charge is -2.05. The summed E-state index contributed by atoms with van der Waals surface area (Å²) in [5.41, 5.74) is 1.95. The molecule has 0 saturated carbocycles. The second-order valence-corrected chi connectivity index (χ2v) is 4.63. The van der Waals surface area contributed by atoms with E-state index in [9.17, 15) is 19.3 Å². The molecule has 0 aliphatic carbocycles. The van der Waals surface area contributed by atoms with Crippen molar-refractivity contribution in [1.29, 1.82) is 0 Å². The minimum absolute atomic E-state index is 0.129. The van der Waals surface area contributed by atoms with Crippen LogP contribution in [-0.4, -0.2) is 15.8 Å². The zero-order valence-corrected chi connectivity index (χ0v) is 11.2. The first-order chi connectivity index (χ1) is 10.0. The number of rotatable bonds is 5.